The summed E-state index contributed by atoms with van der Waals surface area (Å²) < 4.78 is 5.67. The zero-order chi connectivity index (χ0) is 15.6. The summed E-state index contributed by atoms with van der Waals surface area (Å²) in [6, 6.07) is 1.33. The fourth-order valence-electron chi connectivity index (χ4n) is 2.52. The molecule has 3 atom stereocenters. The Morgan fingerprint density at radius 2 is 2.05 bits per heavy atom. The van der Waals surface area contributed by atoms with Crippen LogP contribution in [0, 0.1) is 0 Å². The monoisotopic (exact) mass is 311 g/mol. The number of hydrogen-bond donors (Lipinski definition) is 2. The van der Waals surface area contributed by atoms with E-state index in [0.29, 0.717) is 23.7 Å². The normalized spacial score (nSPS) is 24.5. The number of carbonyl (C=O) groups excluding carboxylic acids is 2. The standard InChI is InChI=1S/C14H21N3O3S/c1-8-6-17(7-9(2)20-8)10(3)13(19)16-14-11(12(15)18)4-5-21-14/h4-5,8-10H,6-7H2,1-3H3,(H2,15,18)(H,16,19)/t8-,9+,10-/m0/s1. The van der Waals surface area contributed by atoms with Crippen molar-refractivity contribution in [1.82, 2.24) is 4.90 Å². The molecule has 2 rings (SSSR count). The van der Waals surface area contributed by atoms with Crippen LogP contribution in [0.3, 0.4) is 0 Å². The second-order valence-corrected chi connectivity index (χ2v) is 6.32. The number of primary amides is 1. The Kier molecular flexibility index (Phi) is 4.97. The Morgan fingerprint density at radius 1 is 1.43 bits per heavy atom. The summed E-state index contributed by atoms with van der Waals surface area (Å²) in [4.78, 5) is 25.7. The minimum atomic E-state index is -0.534. The molecule has 0 unspecified atom stereocenters. The van der Waals surface area contributed by atoms with E-state index in [1.807, 2.05) is 20.8 Å². The maximum atomic E-state index is 12.4. The highest BCUT2D eigenvalue weighted by Gasteiger charge is 2.29. The molecule has 0 bridgehead atoms. The molecule has 2 amide bonds. The number of anilines is 1. The van der Waals surface area contributed by atoms with Crippen LogP contribution in [0.25, 0.3) is 0 Å². The molecular weight excluding hydrogens is 290 g/mol. The summed E-state index contributed by atoms with van der Waals surface area (Å²) in [7, 11) is 0. The third kappa shape index (κ3) is 3.81. The zero-order valence-corrected chi connectivity index (χ0v) is 13.3. The highest BCUT2D eigenvalue weighted by Crippen LogP contribution is 2.23. The van der Waals surface area contributed by atoms with E-state index in [-0.39, 0.29) is 24.2 Å². The average molecular weight is 311 g/mol. The van der Waals surface area contributed by atoms with E-state index in [0.717, 1.165) is 0 Å². The first-order valence-corrected chi connectivity index (χ1v) is 7.84. The van der Waals surface area contributed by atoms with Gasteiger partial charge < -0.3 is 15.8 Å². The van der Waals surface area contributed by atoms with Gasteiger partial charge in [-0.15, -0.1) is 11.3 Å². The molecule has 3 N–H and O–H groups in total. The number of hydrogen-bond acceptors (Lipinski definition) is 5. The fraction of sp³-hybridized carbons (Fsp3) is 0.571. The van der Waals surface area contributed by atoms with Crippen LogP contribution in [0.5, 0.6) is 0 Å². The van der Waals surface area contributed by atoms with Crippen molar-refractivity contribution in [2.45, 2.75) is 39.0 Å². The number of rotatable bonds is 4. The summed E-state index contributed by atoms with van der Waals surface area (Å²) in [5.74, 6) is -0.672. The van der Waals surface area contributed by atoms with Gasteiger partial charge in [-0.05, 0) is 32.2 Å². The SMILES string of the molecule is C[C@@H]1CN([C@@H](C)C(=O)Nc2sccc2C(N)=O)C[C@H](C)O1. The van der Waals surface area contributed by atoms with E-state index < -0.39 is 5.91 Å². The van der Waals surface area contributed by atoms with Gasteiger partial charge in [0.05, 0.1) is 23.8 Å². The van der Waals surface area contributed by atoms with Gasteiger partial charge in [0.25, 0.3) is 5.91 Å². The number of nitrogens with zero attached hydrogens (tertiary/aromatic N) is 1. The number of carbonyl (C=O) groups is 2. The second-order valence-electron chi connectivity index (χ2n) is 5.40. The van der Waals surface area contributed by atoms with Crippen molar-refractivity contribution in [3.63, 3.8) is 0 Å². The minimum Gasteiger partial charge on any atom is -0.373 e. The van der Waals surface area contributed by atoms with E-state index in [4.69, 9.17) is 10.5 Å². The number of nitrogens with one attached hydrogen (secondary N) is 1. The van der Waals surface area contributed by atoms with Gasteiger partial charge in [0.15, 0.2) is 0 Å². The molecule has 0 aromatic carbocycles. The van der Waals surface area contributed by atoms with E-state index in [2.05, 4.69) is 10.2 Å². The maximum Gasteiger partial charge on any atom is 0.251 e. The predicted molar refractivity (Wildman–Crippen MR) is 82.5 cm³/mol. The third-order valence-electron chi connectivity index (χ3n) is 3.54. The molecule has 0 spiro atoms. The lowest BCUT2D eigenvalue weighted by molar-refractivity contribution is -0.126. The molecule has 1 fully saturated rings. The van der Waals surface area contributed by atoms with Gasteiger partial charge in [0.1, 0.15) is 5.00 Å². The van der Waals surface area contributed by atoms with Gasteiger partial charge in [-0.2, -0.15) is 0 Å². The number of ether oxygens (including phenoxy) is 1. The topological polar surface area (TPSA) is 84.7 Å². The molecule has 116 valence electrons. The summed E-state index contributed by atoms with van der Waals surface area (Å²) in [6.07, 6.45) is 0.207. The van der Waals surface area contributed by atoms with Crippen molar-refractivity contribution in [3.05, 3.63) is 17.0 Å². The Balaban J connectivity index is 2.02. The summed E-state index contributed by atoms with van der Waals surface area (Å²) in [5.41, 5.74) is 5.63. The lowest BCUT2D eigenvalue weighted by Gasteiger charge is -2.38. The molecule has 1 aliphatic heterocycles. The Morgan fingerprint density at radius 3 is 2.62 bits per heavy atom. The quantitative estimate of drug-likeness (QED) is 0.877. The predicted octanol–water partition coefficient (Wildman–Crippen LogP) is 1.28. The van der Waals surface area contributed by atoms with Crippen molar-refractivity contribution in [2.75, 3.05) is 18.4 Å². The smallest absolute Gasteiger partial charge is 0.251 e. The van der Waals surface area contributed by atoms with Crippen LogP contribution in [0.2, 0.25) is 0 Å². The fourth-order valence-corrected chi connectivity index (χ4v) is 3.31. The van der Waals surface area contributed by atoms with Gasteiger partial charge in [0, 0.05) is 13.1 Å². The molecule has 2 heterocycles. The minimum absolute atomic E-state index is 0.104. The van der Waals surface area contributed by atoms with Crippen LogP contribution < -0.4 is 11.1 Å². The first-order chi connectivity index (χ1) is 9.88. The summed E-state index contributed by atoms with van der Waals surface area (Å²) in [6.45, 7) is 7.28. The van der Waals surface area contributed by atoms with Crippen LogP contribution in [-0.4, -0.2) is 48.1 Å². The Hall–Kier alpha value is -1.44. The summed E-state index contributed by atoms with van der Waals surface area (Å²) in [5, 5.41) is 5.04. The van der Waals surface area contributed by atoms with Crippen LogP contribution in [0.4, 0.5) is 5.00 Å². The second kappa shape index (κ2) is 6.55. The van der Waals surface area contributed by atoms with E-state index in [9.17, 15) is 9.59 Å². The van der Waals surface area contributed by atoms with Gasteiger partial charge in [-0.25, -0.2) is 0 Å². The number of thiophene rings is 1. The number of amides is 2. The van der Waals surface area contributed by atoms with Crippen molar-refractivity contribution >= 4 is 28.2 Å². The number of morpholine rings is 1. The lowest BCUT2D eigenvalue weighted by Crippen LogP contribution is -2.52. The van der Waals surface area contributed by atoms with Crippen molar-refractivity contribution in [2.24, 2.45) is 5.73 Å². The van der Waals surface area contributed by atoms with E-state index >= 15 is 0 Å². The first-order valence-electron chi connectivity index (χ1n) is 6.96. The van der Waals surface area contributed by atoms with Crippen molar-refractivity contribution < 1.29 is 14.3 Å². The molecule has 0 aliphatic carbocycles. The van der Waals surface area contributed by atoms with Gasteiger partial charge in [0.2, 0.25) is 5.91 Å². The van der Waals surface area contributed by atoms with Crippen LogP contribution in [0.1, 0.15) is 31.1 Å². The highest BCUT2D eigenvalue weighted by atomic mass is 32.1. The maximum absolute atomic E-state index is 12.4. The molecule has 21 heavy (non-hydrogen) atoms. The van der Waals surface area contributed by atoms with Gasteiger partial charge in [-0.3, -0.25) is 14.5 Å². The molecule has 1 aliphatic rings. The Labute approximate surface area is 128 Å². The zero-order valence-electron chi connectivity index (χ0n) is 12.5. The lowest BCUT2D eigenvalue weighted by atomic mass is 10.1. The van der Waals surface area contributed by atoms with Crippen LogP contribution in [0.15, 0.2) is 11.4 Å². The largest absolute Gasteiger partial charge is 0.373 e. The van der Waals surface area contributed by atoms with Gasteiger partial charge >= 0.3 is 0 Å². The molecular formula is C14H21N3O3S. The number of nitrogens with two attached hydrogens (primary N) is 1. The Bertz CT molecular complexity index is 521. The molecule has 1 aromatic rings. The van der Waals surface area contributed by atoms with E-state index in [1.165, 1.54) is 11.3 Å². The van der Waals surface area contributed by atoms with E-state index in [1.54, 1.807) is 11.4 Å². The summed E-state index contributed by atoms with van der Waals surface area (Å²) >= 11 is 1.30. The molecule has 6 nitrogen and oxygen atoms in total. The van der Waals surface area contributed by atoms with Crippen LogP contribution in [-0.2, 0) is 9.53 Å². The highest BCUT2D eigenvalue weighted by molar-refractivity contribution is 7.14. The van der Waals surface area contributed by atoms with Crippen molar-refractivity contribution in [3.8, 4) is 0 Å². The molecule has 0 saturated carbocycles. The molecule has 0 radical (unpaired) electrons. The first kappa shape index (κ1) is 15.9. The van der Waals surface area contributed by atoms with Crippen molar-refractivity contribution in [1.29, 1.82) is 0 Å². The third-order valence-corrected chi connectivity index (χ3v) is 4.37. The average Bonchev–Trinajstić information content (AvgIpc) is 2.84. The van der Waals surface area contributed by atoms with Crippen LogP contribution >= 0.6 is 11.3 Å². The molecule has 1 aromatic heterocycles. The van der Waals surface area contributed by atoms with Gasteiger partial charge in [-0.1, -0.05) is 0 Å². The molecule has 1 saturated heterocycles. The molecule has 7 heteroatoms.